The quantitative estimate of drug-likeness (QED) is 0.729. The summed E-state index contributed by atoms with van der Waals surface area (Å²) in [5, 5.41) is 0.932. The predicted octanol–water partition coefficient (Wildman–Crippen LogP) is 3.31. The van der Waals surface area contributed by atoms with Crippen molar-refractivity contribution in [3.63, 3.8) is 0 Å². The van der Waals surface area contributed by atoms with Gasteiger partial charge in [-0.15, -0.1) is 0 Å². The van der Waals surface area contributed by atoms with E-state index in [1.807, 2.05) is 30.5 Å². The van der Waals surface area contributed by atoms with E-state index in [2.05, 4.69) is 16.0 Å². The molecule has 0 aliphatic carbocycles. The first-order chi connectivity index (χ1) is 9.83. The highest BCUT2D eigenvalue weighted by molar-refractivity contribution is 5.92. The van der Waals surface area contributed by atoms with E-state index in [0.29, 0.717) is 0 Å². The van der Waals surface area contributed by atoms with E-state index in [4.69, 9.17) is 9.47 Å². The first kappa shape index (κ1) is 12.4. The first-order valence-corrected chi connectivity index (χ1v) is 6.24. The SMILES string of the molecule is COc1ccc(OC)c2ncc(-c3ccncc3)cc12. The van der Waals surface area contributed by atoms with Crippen LogP contribution >= 0.6 is 0 Å². The molecular weight excluding hydrogens is 252 g/mol. The monoisotopic (exact) mass is 266 g/mol. The summed E-state index contributed by atoms with van der Waals surface area (Å²) >= 11 is 0. The fourth-order valence-electron chi connectivity index (χ4n) is 2.21. The van der Waals surface area contributed by atoms with Gasteiger partial charge in [-0.05, 0) is 35.9 Å². The summed E-state index contributed by atoms with van der Waals surface area (Å²) in [5.41, 5.74) is 2.88. The minimum absolute atomic E-state index is 0.738. The number of benzene rings is 1. The molecule has 2 heterocycles. The lowest BCUT2D eigenvalue weighted by Gasteiger charge is -2.10. The largest absolute Gasteiger partial charge is 0.496 e. The molecule has 4 nitrogen and oxygen atoms in total. The summed E-state index contributed by atoms with van der Waals surface area (Å²) in [6, 6.07) is 9.71. The van der Waals surface area contributed by atoms with Crippen molar-refractivity contribution in [3.8, 4) is 22.6 Å². The summed E-state index contributed by atoms with van der Waals surface area (Å²) in [6.07, 6.45) is 5.37. The smallest absolute Gasteiger partial charge is 0.145 e. The van der Waals surface area contributed by atoms with Gasteiger partial charge in [0.25, 0.3) is 0 Å². The van der Waals surface area contributed by atoms with Crippen molar-refractivity contribution in [1.82, 2.24) is 9.97 Å². The standard InChI is InChI=1S/C16H14N2O2/c1-19-14-3-4-15(20-2)16-13(14)9-12(10-18-16)11-5-7-17-8-6-11/h3-10H,1-2H3. The van der Waals surface area contributed by atoms with Crippen molar-refractivity contribution >= 4 is 10.9 Å². The molecule has 0 fully saturated rings. The molecule has 0 aliphatic rings. The topological polar surface area (TPSA) is 44.2 Å². The number of methoxy groups -OCH3 is 2. The molecular formula is C16H14N2O2. The van der Waals surface area contributed by atoms with E-state index >= 15 is 0 Å². The molecule has 1 aromatic carbocycles. The minimum atomic E-state index is 0.738. The van der Waals surface area contributed by atoms with E-state index < -0.39 is 0 Å². The van der Waals surface area contributed by atoms with Crippen LogP contribution in [0.4, 0.5) is 0 Å². The second-order valence-electron chi connectivity index (χ2n) is 4.33. The minimum Gasteiger partial charge on any atom is -0.496 e. The van der Waals surface area contributed by atoms with Crippen molar-refractivity contribution in [1.29, 1.82) is 0 Å². The fraction of sp³-hybridized carbons (Fsp3) is 0.125. The third-order valence-electron chi connectivity index (χ3n) is 3.23. The zero-order chi connectivity index (χ0) is 13.9. The third-order valence-corrected chi connectivity index (χ3v) is 3.23. The van der Waals surface area contributed by atoms with Crippen LogP contribution < -0.4 is 9.47 Å². The molecule has 0 radical (unpaired) electrons. The van der Waals surface area contributed by atoms with Crippen LogP contribution in [0.1, 0.15) is 0 Å². The van der Waals surface area contributed by atoms with Gasteiger partial charge < -0.3 is 9.47 Å². The van der Waals surface area contributed by atoms with E-state index in [1.54, 1.807) is 26.6 Å². The van der Waals surface area contributed by atoms with Gasteiger partial charge in [0, 0.05) is 29.5 Å². The maximum Gasteiger partial charge on any atom is 0.145 e. The van der Waals surface area contributed by atoms with Gasteiger partial charge in [0.05, 0.1) is 14.2 Å². The second kappa shape index (κ2) is 5.17. The molecule has 0 spiro atoms. The Balaban J connectivity index is 2.24. The molecule has 0 bridgehead atoms. The Morgan fingerprint density at radius 1 is 0.850 bits per heavy atom. The second-order valence-corrected chi connectivity index (χ2v) is 4.33. The van der Waals surface area contributed by atoms with E-state index in [9.17, 15) is 0 Å². The summed E-state index contributed by atoms with van der Waals surface area (Å²) in [7, 11) is 3.29. The average molecular weight is 266 g/mol. The van der Waals surface area contributed by atoms with E-state index in [1.165, 1.54) is 0 Å². The summed E-state index contributed by atoms with van der Waals surface area (Å²) in [6.45, 7) is 0. The summed E-state index contributed by atoms with van der Waals surface area (Å²) in [4.78, 5) is 8.54. The van der Waals surface area contributed by atoms with Gasteiger partial charge in [-0.1, -0.05) is 0 Å². The molecule has 0 amide bonds. The Kier molecular flexibility index (Phi) is 3.21. The first-order valence-electron chi connectivity index (χ1n) is 6.24. The number of fused-ring (bicyclic) bond motifs is 1. The molecule has 20 heavy (non-hydrogen) atoms. The van der Waals surface area contributed by atoms with Gasteiger partial charge in [0.1, 0.15) is 17.0 Å². The zero-order valence-corrected chi connectivity index (χ0v) is 11.3. The van der Waals surface area contributed by atoms with Gasteiger partial charge in [0.15, 0.2) is 0 Å². The van der Waals surface area contributed by atoms with Crippen molar-refractivity contribution in [2.45, 2.75) is 0 Å². The maximum atomic E-state index is 5.41. The van der Waals surface area contributed by atoms with Crippen LogP contribution in [0.2, 0.25) is 0 Å². The lowest BCUT2D eigenvalue weighted by Crippen LogP contribution is -1.92. The predicted molar refractivity (Wildman–Crippen MR) is 78.1 cm³/mol. The number of hydrogen-bond acceptors (Lipinski definition) is 4. The molecule has 0 saturated carbocycles. The van der Waals surface area contributed by atoms with Gasteiger partial charge in [-0.2, -0.15) is 0 Å². The number of ether oxygens (including phenoxy) is 2. The Labute approximate surface area is 117 Å². The van der Waals surface area contributed by atoms with Crippen molar-refractivity contribution in [2.24, 2.45) is 0 Å². The molecule has 0 atom stereocenters. The highest BCUT2D eigenvalue weighted by atomic mass is 16.5. The number of hydrogen-bond donors (Lipinski definition) is 0. The van der Waals surface area contributed by atoms with E-state index in [0.717, 1.165) is 33.5 Å². The van der Waals surface area contributed by atoms with Crippen molar-refractivity contribution < 1.29 is 9.47 Å². The molecule has 0 N–H and O–H groups in total. The molecule has 3 rings (SSSR count). The number of rotatable bonds is 3. The molecule has 2 aromatic heterocycles. The molecule has 3 aromatic rings. The lowest BCUT2D eigenvalue weighted by molar-refractivity contribution is 0.410. The summed E-state index contributed by atoms with van der Waals surface area (Å²) < 4.78 is 10.8. The lowest BCUT2D eigenvalue weighted by atomic mass is 10.1. The summed E-state index contributed by atoms with van der Waals surface area (Å²) in [5.74, 6) is 1.52. The third kappa shape index (κ3) is 2.05. The number of pyridine rings is 2. The van der Waals surface area contributed by atoms with Gasteiger partial charge in [0.2, 0.25) is 0 Å². The van der Waals surface area contributed by atoms with Crippen LogP contribution in [0.25, 0.3) is 22.0 Å². The number of aromatic nitrogens is 2. The van der Waals surface area contributed by atoms with Gasteiger partial charge in [-0.25, -0.2) is 0 Å². The van der Waals surface area contributed by atoms with Crippen LogP contribution in [0.5, 0.6) is 11.5 Å². The highest BCUT2D eigenvalue weighted by Gasteiger charge is 2.10. The molecule has 100 valence electrons. The number of nitrogens with zero attached hydrogens (tertiary/aromatic N) is 2. The van der Waals surface area contributed by atoms with Crippen LogP contribution in [-0.4, -0.2) is 24.2 Å². The highest BCUT2D eigenvalue weighted by Crippen LogP contribution is 2.34. The fourth-order valence-corrected chi connectivity index (χ4v) is 2.21. The van der Waals surface area contributed by atoms with Crippen LogP contribution in [0.3, 0.4) is 0 Å². The molecule has 0 aliphatic heterocycles. The van der Waals surface area contributed by atoms with Gasteiger partial charge in [-0.3, -0.25) is 9.97 Å². The van der Waals surface area contributed by atoms with Crippen molar-refractivity contribution in [2.75, 3.05) is 14.2 Å². The molecule has 0 unspecified atom stereocenters. The van der Waals surface area contributed by atoms with E-state index in [-0.39, 0.29) is 0 Å². The zero-order valence-electron chi connectivity index (χ0n) is 11.3. The Hall–Kier alpha value is -2.62. The molecule has 0 saturated heterocycles. The Morgan fingerprint density at radius 3 is 2.25 bits per heavy atom. The van der Waals surface area contributed by atoms with Crippen LogP contribution in [0, 0.1) is 0 Å². The maximum absolute atomic E-state index is 5.41. The van der Waals surface area contributed by atoms with Crippen LogP contribution in [-0.2, 0) is 0 Å². The van der Waals surface area contributed by atoms with Crippen molar-refractivity contribution in [3.05, 3.63) is 48.9 Å². The van der Waals surface area contributed by atoms with Gasteiger partial charge >= 0.3 is 0 Å². The Bertz CT molecular complexity index is 742. The average Bonchev–Trinajstić information content (AvgIpc) is 2.54. The normalized spacial score (nSPS) is 10.5. The van der Waals surface area contributed by atoms with Crippen LogP contribution in [0.15, 0.2) is 48.9 Å². The Morgan fingerprint density at radius 2 is 1.55 bits per heavy atom. The molecule has 4 heteroatoms.